The standard InChI is InChI=1S/C10H17NOS.C2H6S/c1-5-7-8-10(9(3)4)13(12)11-6-2;1-3-2/h5,7-8,11H,3,6H2,1-2,4H3;1-2H3/b7-5-,10-8+;. The van der Waals surface area contributed by atoms with Gasteiger partial charge in [0.2, 0.25) is 0 Å². The molecular weight excluding hydrogens is 238 g/mol. The van der Waals surface area contributed by atoms with Crippen molar-refractivity contribution in [3.8, 4) is 0 Å². The number of hydrogen-bond donors (Lipinski definition) is 1. The van der Waals surface area contributed by atoms with E-state index in [0.717, 1.165) is 10.5 Å². The molecule has 0 rings (SSSR count). The highest BCUT2D eigenvalue weighted by atomic mass is 32.2. The van der Waals surface area contributed by atoms with Crippen LogP contribution in [-0.2, 0) is 11.0 Å². The molecule has 1 unspecified atom stereocenters. The third-order valence-electron chi connectivity index (χ3n) is 1.34. The van der Waals surface area contributed by atoms with Crippen molar-refractivity contribution in [2.24, 2.45) is 0 Å². The lowest BCUT2D eigenvalue weighted by Crippen LogP contribution is -2.18. The molecule has 0 bridgehead atoms. The third-order valence-corrected chi connectivity index (χ3v) is 2.77. The van der Waals surface area contributed by atoms with Crippen molar-refractivity contribution >= 4 is 22.7 Å². The predicted molar refractivity (Wildman–Crippen MR) is 79.0 cm³/mol. The quantitative estimate of drug-likeness (QED) is 0.770. The Morgan fingerprint density at radius 2 is 2.00 bits per heavy atom. The van der Waals surface area contributed by atoms with Gasteiger partial charge in [-0.15, -0.1) is 0 Å². The second kappa shape index (κ2) is 12.7. The van der Waals surface area contributed by atoms with Gasteiger partial charge in [0, 0.05) is 6.54 Å². The first kappa shape index (κ1) is 18.1. The Kier molecular flexibility index (Phi) is 14.4. The topological polar surface area (TPSA) is 29.1 Å². The van der Waals surface area contributed by atoms with Crippen molar-refractivity contribution in [2.45, 2.75) is 20.8 Å². The highest BCUT2D eigenvalue weighted by Crippen LogP contribution is 2.10. The molecule has 0 amide bonds. The van der Waals surface area contributed by atoms with E-state index in [4.69, 9.17) is 0 Å². The smallest absolute Gasteiger partial charge is 0.125 e. The molecule has 0 aliphatic carbocycles. The Morgan fingerprint density at radius 3 is 2.31 bits per heavy atom. The number of hydrogen-bond acceptors (Lipinski definition) is 2. The second-order valence-corrected chi connectivity index (χ2v) is 5.09. The van der Waals surface area contributed by atoms with Crippen LogP contribution in [0.3, 0.4) is 0 Å². The summed E-state index contributed by atoms with van der Waals surface area (Å²) in [6, 6.07) is 0. The summed E-state index contributed by atoms with van der Waals surface area (Å²) in [6.45, 7) is 10.2. The molecule has 0 aliphatic rings. The van der Waals surface area contributed by atoms with Crippen molar-refractivity contribution < 1.29 is 4.21 Å². The first-order chi connectivity index (χ1) is 7.54. The van der Waals surface area contributed by atoms with E-state index < -0.39 is 11.0 Å². The highest BCUT2D eigenvalue weighted by molar-refractivity contribution is 7.97. The summed E-state index contributed by atoms with van der Waals surface area (Å²) in [4.78, 5) is 0.750. The van der Waals surface area contributed by atoms with Gasteiger partial charge >= 0.3 is 0 Å². The van der Waals surface area contributed by atoms with E-state index in [1.807, 2.05) is 51.5 Å². The van der Waals surface area contributed by atoms with Crippen LogP contribution in [0.1, 0.15) is 20.8 Å². The molecule has 0 aromatic rings. The minimum Gasteiger partial charge on any atom is -0.237 e. The summed E-state index contributed by atoms with van der Waals surface area (Å²) in [5.41, 5.74) is 0.831. The molecular formula is C12H23NOS2. The average Bonchev–Trinajstić information content (AvgIpc) is 2.19. The molecule has 1 atom stereocenters. The van der Waals surface area contributed by atoms with Crippen LogP contribution in [0.2, 0.25) is 0 Å². The fourth-order valence-electron chi connectivity index (χ4n) is 0.755. The molecule has 0 aliphatic heterocycles. The lowest BCUT2D eigenvalue weighted by Gasteiger charge is -2.05. The van der Waals surface area contributed by atoms with Gasteiger partial charge in [-0.25, -0.2) is 8.93 Å². The minimum atomic E-state index is -1.13. The van der Waals surface area contributed by atoms with E-state index >= 15 is 0 Å². The highest BCUT2D eigenvalue weighted by Gasteiger charge is 2.05. The van der Waals surface area contributed by atoms with Crippen molar-refractivity contribution in [1.82, 2.24) is 4.72 Å². The van der Waals surface area contributed by atoms with Gasteiger partial charge in [0.1, 0.15) is 11.0 Å². The summed E-state index contributed by atoms with van der Waals surface area (Å²) in [5, 5.41) is 0. The van der Waals surface area contributed by atoms with Crippen LogP contribution in [0.4, 0.5) is 0 Å². The van der Waals surface area contributed by atoms with Gasteiger partial charge in [-0.2, -0.15) is 11.8 Å². The summed E-state index contributed by atoms with van der Waals surface area (Å²) in [7, 11) is -1.13. The zero-order chi connectivity index (χ0) is 13.0. The monoisotopic (exact) mass is 261 g/mol. The molecule has 16 heavy (non-hydrogen) atoms. The molecule has 0 radical (unpaired) electrons. The molecule has 0 heterocycles. The largest absolute Gasteiger partial charge is 0.237 e. The van der Waals surface area contributed by atoms with Crippen LogP contribution < -0.4 is 4.72 Å². The molecule has 94 valence electrons. The first-order valence-electron chi connectivity index (χ1n) is 5.09. The number of nitrogens with one attached hydrogen (secondary N) is 1. The Hall–Kier alpha value is -0.320. The zero-order valence-corrected chi connectivity index (χ0v) is 12.5. The molecule has 1 N–H and O–H groups in total. The molecule has 0 aromatic carbocycles. The Morgan fingerprint density at radius 1 is 1.50 bits per heavy atom. The molecule has 0 spiro atoms. The van der Waals surface area contributed by atoms with Crippen LogP contribution in [0, 0.1) is 0 Å². The minimum absolute atomic E-state index is 0.688. The van der Waals surface area contributed by atoms with E-state index in [1.165, 1.54) is 0 Å². The molecule has 0 fully saturated rings. The maximum absolute atomic E-state index is 11.5. The maximum Gasteiger partial charge on any atom is 0.125 e. The summed E-state index contributed by atoms with van der Waals surface area (Å²) in [6.07, 6.45) is 9.66. The van der Waals surface area contributed by atoms with Gasteiger partial charge < -0.3 is 0 Å². The van der Waals surface area contributed by atoms with Crippen molar-refractivity contribution in [2.75, 3.05) is 19.1 Å². The van der Waals surface area contributed by atoms with E-state index in [2.05, 4.69) is 11.3 Å². The van der Waals surface area contributed by atoms with E-state index in [9.17, 15) is 4.21 Å². The Labute approximate surface area is 107 Å². The molecule has 0 aromatic heterocycles. The summed E-state index contributed by atoms with van der Waals surface area (Å²) < 4.78 is 14.4. The Bertz CT molecular complexity index is 270. The second-order valence-electron chi connectivity index (χ2n) is 3.01. The van der Waals surface area contributed by atoms with Crippen LogP contribution in [0.15, 0.2) is 35.3 Å². The molecule has 4 heteroatoms. The van der Waals surface area contributed by atoms with Gasteiger partial charge in [-0.1, -0.05) is 25.7 Å². The van der Waals surface area contributed by atoms with Gasteiger partial charge in [0.05, 0.1) is 4.91 Å². The van der Waals surface area contributed by atoms with Crippen LogP contribution >= 0.6 is 11.8 Å². The number of thioether (sulfide) groups is 1. The van der Waals surface area contributed by atoms with Crippen LogP contribution in [-0.4, -0.2) is 23.3 Å². The summed E-state index contributed by atoms with van der Waals surface area (Å²) in [5.74, 6) is 0. The lowest BCUT2D eigenvalue weighted by molar-refractivity contribution is 0.678. The average molecular weight is 261 g/mol. The van der Waals surface area contributed by atoms with Crippen LogP contribution in [0.5, 0.6) is 0 Å². The summed E-state index contributed by atoms with van der Waals surface area (Å²) >= 11 is 1.75. The van der Waals surface area contributed by atoms with Gasteiger partial charge in [0.15, 0.2) is 0 Å². The first-order valence-corrected chi connectivity index (χ1v) is 7.87. The van der Waals surface area contributed by atoms with Gasteiger partial charge in [0.25, 0.3) is 0 Å². The molecule has 0 saturated heterocycles. The SMILES string of the molecule is C=C(C)/C(=C\C=C/C)S(=O)NCC.CSC. The van der Waals surface area contributed by atoms with Crippen molar-refractivity contribution in [1.29, 1.82) is 0 Å². The predicted octanol–water partition coefficient (Wildman–Crippen LogP) is 3.27. The van der Waals surface area contributed by atoms with Crippen LogP contribution in [0.25, 0.3) is 0 Å². The van der Waals surface area contributed by atoms with E-state index in [0.29, 0.717) is 6.54 Å². The fraction of sp³-hybridized carbons (Fsp3) is 0.500. The van der Waals surface area contributed by atoms with Crippen molar-refractivity contribution in [3.05, 3.63) is 35.3 Å². The fourth-order valence-corrected chi connectivity index (χ4v) is 1.69. The number of allylic oxidation sites excluding steroid dienone is 4. The normalized spacial score (nSPS) is 13.2. The van der Waals surface area contributed by atoms with Gasteiger partial charge in [-0.3, -0.25) is 0 Å². The van der Waals surface area contributed by atoms with Crippen molar-refractivity contribution in [3.63, 3.8) is 0 Å². The zero-order valence-electron chi connectivity index (χ0n) is 10.9. The molecule has 0 saturated carbocycles. The molecule has 2 nitrogen and oxygen atoms in total. The maximum atomic E-state index is 11.5. The third kappa shape index (κ3) is 10.2. The van der Waals surface area contributed by atoms with E-state index in [1.54, 1.807) is 11.8 Å². The Balaban J connectivity index is 0. The van der Waals surface area contributed by atoms with E-state index in [-0.39, 0.29) is 0 Å². The lowest BCUT2D eigenvalue weighted by atomic mass is 10.3. The van der Waals surface area contributed by atoms with Gasteiger partial charge in [-0.05, 0) is 38.0 Å². The number of rotatable bonds is 5.